The van der Waals surface area contributed by atoms with Crippen molar-refractivity contribution in [2.45, 2.75) is 44.9 Å². The zero-order chi connectivity index (χ0) is 24.4. The number of aromatic nitrogens is 2. The summed E-state index contributed by atoms with van der Waals surface area (Å²) in [4.78, 5) is 21.7. The average molecular weight is 467 g/mol. The lowest BCUT2D eigenvalue weighted by Crippen LogP contribution is -2.14. The summed E-state index contributed by atoms with van der Waals surface area (Å²) in [5.41, 5.74) is 12.4. The fraction of sp³-hybridized carbons (Fsp3) is 0.276. The van der Waals surface area contributed by atoms with Gasteiger partial charge >= 0.3 is 0 Å². The van der Waals surface area contributed by atoms with Gasteiger partial charge in [0, 0.05) is 10.9 Å². The molecule has 3 aromatic carbocycles. The number of nitrogens with one attached hydrogen (secondary N) is 1. The SMILES string of the molecule is COc1ccc(C2CCCCC2)cc1NC(=O)c1ccc(C)c(-c2ccc3ncnc(N)c3c2)c1. The monoisotopic (exact) mass is 466 g/mol. The predicted octanol–water partition coefficient (Wildman–Crippen LogP) is 6.50. The Kier molecular flexibility index (Phi) is 6.36. The summed E-state index contributed by atoms with van der Waals surface area (Å²) in [5, 5.41) is 3.89. The van der Waals surface area contributed by atoms with Crippen LogP contribution in [0.1, 0.15) is 59.5 Å². The van der Waals surface area contributed by atoms with E-state index in [9.17, 15) is 4.79 Å². The Hall–Kier alpha value is -3.93. The van der Waals surface area contributed by atoms with Gasteiger partial charge in [0.25, 0.3) is 5.91 Å². The summed E-state index contributed by atoms with van der Waals surface area (Å²) < 4.78 is 5.55. The summed E-state index contributed by atoms with van der Waals surface area (Å²) in [6.45, 7) is 2.03. The largest absolute Gasteiger partial charge is 0.495 e. The van der Waals surface area contributed by atoms with Crippen LogP contribution in [-0.4, -0.2) is 23.0 Å². The molecule has 0 unspecified atom stereocenters. The van der Waals surface area contributed by atoms with Gasteiger partial charge in [0.1, 0.15) is 17.9 Å². The number of nitrogens with zero attached hydrogens (tertiary/aromatic N) is 2. The molecular formula is C29H30N4O2. The van der Waals surface area contributed by atoms with E-state index in [1.54, 1.807) is 7.11 Å². The fourth-order valence-electron chi connectivity index (χ4n) is 5.03. The number of nitrogens with two attached hydrogens (primary N) is 1. The zero-order valence-corrected chi connectivity index (χ0v) is 20.2. The van der Waals surface area contributed by atoms with Gasteiger partial charge in [-0.05, 0) is 84.3 Å². The summed E-state index contributed by atoms with van der Waals surface area (Å²) in [7, 11) is 1.63. The van der Waals surface area contributed by atoms with Crippen LogP contribution in [0.25, 0.3) is 22.0 Å². The van der Waals surface area contributed by atoms with Crippen LogP contribution in [0.15, 0.2) is 60.9 Å². The van der Waals surface area contributed by atoms with E-state index in [2.05, 4.69) is 27.4 Å². The highest BCUT2D eigenvalue weighted by Gasteiger charge is 2.19. The summed E-state index contributed by atoms with van der Waals surface area (Å²) >= 11 is 0. The lowest BCUT2D eigenvalue weighted by atomic mass is 9.84. The van der Waals surface area contributed by atoms with Crippen LogP contribution in [0.5, 0.6) is 5.75 Å². The third-order valence-electron chi connectivity index (χ3n) is 7.03. The molecule has 0 aliphatic heterocycles. The third kappa shape index (κ3) is 4.69. The van der Waals surface area contributed by atoms with Crippen molar-refractivity contribution in [3.05, 3.63) is 77.6 Å². The molecule has 6 nitrogen and oxygen atoms in total. The maximum atomic E-state index is 13.3. The van der Waals surface area contributed by atoms with Crippen LogP contribution in [-0.2, 0) is 0 Å². The fourth-order valence-corrected chi connectivity index (χ4v) is 5.03. The maximum Gasteiger partial charge on any atom is 0.255 e. The number of rotatable bonds is 5. The molecule has 1 saturated carbocycles. The molecule has 178 valence electrons. The van der Waals surface area contributed by atoms with Gasteiger partial charge in [0.2, 0.25) is 0 Å². The van der Waals surface area contributed by atoms with Gasteiger partial charge in [-0.2, -0.15) is 0 Å². The quantitative estimate of drug-likeness (QED) is 0.350. The van der Waals surface area contributed by atoms with Crippen LogP contribution in [0, 0.1) is 6.92 Å². The number of hydrogen-bond donors (Lipinski definition) is 2. The maximum absolute atomic E-state index is 13.3. The minimum atomic E-state index is -0.172. The number of fused-ring (bicyclic) bond motifs is 1. The lowest BCUT2D eigenvalue weighted by Gasteiger charge is -2.23. The van der Waals surface area contributed by atoms with Gasteiger partial charge < -0.3 is 15.8 Å². The number of benzene rings is 3. The molecule has 5 rings (SSSR count). The molecule has 3 N–H and O–H groups in total. The molecule has 1 aliphatic rings. The van der Waals surface area contributed by atoms with Crippen LogP contribution in [0.4, 0.5) is 11.5 Å². The van der Waals surface area contributed by atoms with Crippen molar-refractivity contribution < 1.29 is 9.53 Å². The first kappa shape index (κ1) is 22.8. The van der Waals surface area contributed by atoms with Crippen molar-refractivity contribution in [1.29, 1.82) is 0 Å². The number of ether oxygens (including phenoxy) is 1. The molecule has 0 saturated heterocycles. The van der Waals surface area contributed by atoms with Crippen molar-refractivity contribution in [1.82, 2.24) is 9.97 Å². The van der Waals surface area contributed by atoms with E-state index in [0.717, 1.165) is 27.6 Å². The van der Waals surface area contributed by atoms with Crippen molar-refractivity contribution in [2.75, 3.05) is 18.2 Å². The number of methoxy groups -OCH3 is 1. The van der Waals surface area contributed by atoms with E-state index in [4.69, 9.17) is 10.5 Å². The number of amides is 1. The van der Waals surface area contributed by atoms with E-state index >= 15 is 0 Å². The molecule has 0 radical (unpaired) electrons. The standard InChI is InChI=1S/C29H30N4O2/c1-18-8-9-22(15-23(18)21-10-12-25-24(14-21)28(30)32-17-31-25)29(34)33-26-16-20(11-13-27(26)35-2)19-6-4-3-5-7-19/h8-17,19H,3-7H2,1-2H3,(H,33,34)(H2,30,31,32). The first-order valence-electron chi connectivity index (χ1n) is 12.1. The number of carbonyl (C=O) groups is 1. The Labute approximate surface area is 205 Å². The summed E-state index contributed by atoms with van der Waals surface area (Å²) in [5.74, 6) is 1.47. The average Bonchev–Trinajstić information content (AvgIpc) is 2.89. The molecule has 35 heavy (non-hydrogen) atoms. The Morgan fingerprint density at radius 2 is 1.83 bits per heavy atom. The molecular weight excluding hydrogens is 436 g/mol. The number of anilines is 2. The highest BCUT2D eigenvalue weighted by Crippen LogP contribution is 2.37. The molecule has 1 aliphatic carbocycles. The normalized spacial score (nSPS) is 14.1. The van der Waals surface area contributed by atoms with E-state index in [-0.39, 0.29) is 5.91 Å². The van der Waals surface area contributed by atoms with Crippen LogP contribution < -0.4 is 15.8 Å². The molecule has 6 heteroatoms. The van der Waals surface area contributed by atoms with E-state index in [0.29, 0.717) is 28.7 Å². The van der Waals surface area contributed by atoms with Gasteiger partial charge in [-0.3, -0.25) is 4.79 Å². The van der Waals surface area contributed by atoms with Crippen LogP contribution in [0.2, 0.25) is 0 Å². The summed E-state index contributed by atoms with van der Waals surface area (Å²) in [6, 6.07) is 17.8. The van der Waals surface area contributed by atoms with Crippen molar-refractivity contribution >= 4 is 28.3 Å². The second kappa shape index (κ2) is 9.74. The number of nitrogen functional groups attached to an aromatic ring is 1. The Morgan fingerprint density at radius 1 is 1.00 bits per heavy atom. The molecule has 1 fully saturated rings. The Bertz CT molecular complexity index is 1390. The Morgan fingerprint density at radius 3 is 2.63 bits per heavy atom. The topological polar surface area (TPSA) is 90.1 Å². The van der Waals surface area contributed by atoms with Crippen molar-refractivity contribution in [3.8, 4) is 16.9 Å². The highest BCUT2D eigenvalue weighted by atomic mass is 16.5. The number of aryl methyl sites for hydroxylation is 1. The second-order valence-corrected chi connectivity index (χ2v) is 9.27. The molecule has 1 aromatic heterocycles. The van der Waals surface area contributed by atoms with E-state index < -0.39 is 0 Å². The molecule has 4 aromatic rings. The van der Waals surface area contributed by atoms with Gasteiger partial charge in [-0.15, -0.1) is 0 Å². The number of carbonyl (C=O) groups excluding carboxylic acids is 1. The van der Waals surface area contributed by atoms with Gasteiger partial charge in [-0.25, -0.2) is 9.97 Å². The van der Waals surface area contributed by atoms with Gasteiger partial charge in [0.15, 0.2) is 0 Å². The van der Waals surface area contributed by atoms with Gasteiger partial charge in [-0.1, -0.05) is 37.5 Å². The second-order valence-electron chi connectivity index (χ2n) is 9.27. The Balaban J connectivity index is 1.45. The molecule has 1 amide bonds. The molecule has 1 heterocycles. The molecule has 0 atom stereocenters. The third-order valence-corrected chi connectivity index (χ3v) is 7.03. The minimum absolute atomic E-state index is 0.172. The predicted molar refractivity (Wildman–Crippen MR) is 141 cm³/mol. The first-order valence-corrected chi connectivity index (χ1v) is 12.1. The van der Waals surface area contributed by atoms with Crippen LogP contribution in [0.3, 0.4) is 0 Å². The molecule has 0 bridgehead atoms. The van der Waals surface area contributed by atoms with Crippen molar-refractivity contribution in [3.63, 3.8) is 0 Å². The van der Waals surface area contributed by atoms with Crippen LogP contribution >= 0.6 is 0 Å². The lowest BCUT2D eigenvalue weighted by molar-refractivity contribution is 0.102. The van der Waals surface area contributed by atoms with E-state index in [1.165, 1.54) is 44.0 Å². The molecule has 0 spiro atoms. The minimum Gasteiger partial charge on any atom is -0.495 e. The van der Waals surface area contributed by atoms with Gasteiger partial charge in [0.05, 0.1) is 18.3 Å². The van der Waals surface area contributed by atoms with Crippen molar-refractivity contribution in [2.24, 2.45) is 0 Å². The number of hydrogen-bond acceptors (Lipinski definition) is 5. The smallest absolute Gasteiger partial charge is 0.255 e. The summed E-state index contributed by atoms with van der Waals surface area (Å²) in [6.07, 6.45) is 7.69. The highest BCUT2D eigenvalue weighted by molar-refractivity contribution is 6.06. The van der Waals surface area contributed by atoms with E-state index in [1.807, 2.05) is 49.4 Å². The zero-order valence-electron chi connectivity index (χ0n) is 20.2. The first-order chi connectivity index (χ1) is 17.0.